The van der Waals surface area contributed by atoms with Crippen LogP contribution in [0.3, 0.4) is 0 Å². The molecule has 0 saturated heterocycles. The molecule has 1 amide bonds. The smallest absolute Gasteiger partial charge is 0.261 e. The van der Waals surface area contributed by atoms with Crippen molar-refractivity contribution >= 4 is 50.7 Å². The van der Waals surface area contributed by atoms with E-state index in [1.165, 1.54) is 23.9 Å². The number of hydrogen-bond donors (Lipinski definition) is 2. The predicted molar refractivity (Wildman–Crippen MR) is 144 cm³/mol. The Hall–Kier alpha value is -3.26. The molecule has 2 N–H and O–H groups in total. The Morgan fingerprint density at radius 2 is 1.49 bits per heavy atom. The van der Waals surface area contributed by atoms with E-state index in [9.17, 15) is 13.2 Å². The van der Waals surface area contributed by atoms with E-state index in [2.05, 4.69) is 10.0 Å². The largest absolute Gasteiger partial charge is 0.325 e. The van der Waals surface area contributed by atoms with Gasteiger partial charge in [-0.25, -0.2) is 8.42 Å². The Balaban J connectivity index is 1.53. The van der Waals surface area contributed by atoms with E-state index >= 15 is 0 Å². The van der Waals surface area contributed by atoms with E-state index in [1.54, 1.807) is 54.6 Å². The highest BCUT2D eigenvalue weighted by atomic mass is 35.5. The molecule has 178 valence electrons. The highest BCUT2D eigenvalue weighted by Gasteiger charge is 2.23. The van der Waals surface area contributed by atoms with Gasteiger partial charge in [-0.1, -0.05) is 66.2 Å². The van der Waals surface area contributed by atoms with E-state index < -0.39 is 15.3 Å². The number of rotatable bonds is 8. The fourth-order valence-electron chi connectivity index (χ4n) is 3.38. The molecule has 0 saturated carbocycles. The van der Waals surface area contributed by atoms with Crippen molar-refractivity contribution in [2.75, 3.05) is 10.0 Å². The van der Waals surface area contributed by atoms with Gasteiger partial charge >= 0.3 is 0 Å². The van der Waals surface area contributed by atoms with E-state index in [1.807, 2.05) is 43.3 Å². The second-order valence-corrected chi connectivity index (χ2v) is 11.1. The number of nitrogens with one attached hydrogen (secondary N) is 2. The van der Waals surface area contributed by atoms with Crippen molar-refractivity contribution in [1.29, 1.82) is 0 Å². The minimum atomic E-state index is -3.68. The van der Waals surface area contributed by atoms with E-state index in [4.69, 9.17) is 11.6 Å². The van der Waals surface area contributed by atoms with Crippen LogP contribution in [0.2, 0.25) is 5.02 Å². The molecule has 0 aliphatic rings. The molecule has 1 atom stereocenters. The van der Waals surface area contributed by atoms with Gasteiger partial charge in [0, 0.05) is 21.3 Å². The first-order valence-corrected chi connectivity index (χ1v) is 13.5. The molecule has 35 heavy (non-hydrogen) atoms. The van der Waals surface area contributed by atoms with Gasteiger partial charge in [-0.05, 0) is 66.6 Å². The average Bonchev–Trinajstić information content (AvgIpc) is 2.86. The van der Waals surface area contributed by atoms with Crippen molar-refractivity contribution in [3.63, 3.8) is 0 Å². The standard InChI is InChI=1S/C27H23ClN2O3S2/c1-19-12-13-21(28)18-25(19)29-27(31)26(20-8-4-2-5-9-20)34-23-16-14-22(15-17-23)30-35(32,33)24-10-6-3-7-11-24/h2-18,26,30H,1H3,(H,29,31). The van der Waals surface area contributed by atoms with Crippen LogP contribution in [0.15, 0.2) is 113 Å². The number of carbonyl (C=O) groups is 1. The van der Waals surface area contributed by atoms with E-state index in [0.717, 1.165) is 16.0 Å². The van der Waals surface area contributed by atoms with Gasteiger partial charge in [0.25, 0.3) is 10.0 Å². The fraction of sp³-hybridized carbons (Fsp3) is 0.0741. The molecule has 5 nitrogen and oxygen atoms in total. The number of aryl methyl sites for hydroxylation is 1. The van der Waals surface area contributed by atoms with Gasteiger partial charge in [0.2, 0.25) is 5.91 Å². The van der Waals surface area contributed by atoms with E-state index in [0.29, 0.717) is 16.4 Å². The Labute approximate surface area is 214 Å². The first-order chi connectivity index (χ1) is 16.8. The van der Waals surface area contributed by atoms with Crippen molar-refractivity contribution in [3.8, 4) is 0 Å². The predicted octanol–water partition coefficient (Wildman–Crippen LogP) is 6.92. The molecule has 4 aromatic rings. The molecular weight excluding hydrogens is 500 g/mol. The van der Waals surface area contributed by atoms with Gasteiger partial charge in [0.1, 0.15) is 5.25 Å². The molecule has 0 bridgehead atoms. The third-order valence-corrected chi connectivity index (χ3v) is 8.11. The molecule has 0 aromatic heterocycles. The molecule has 0 spiro atoms. The minimum absolute atomic E-state index is 0.180. The fourth-order valence-corrected chi connectivity index (χ4v) is 5.66. The number of thioether (sulfide) groups is 1. The molecule has 0 fully saturated rings. The maximum atomic E-state index is 13.3. The van der Waals surface area contributed by atoms with Crippen LogP contribution >= 0.6 is 23.4 Å². The highest BCUT2D eigenvalue weighted by molar-refractivity contribution is 8.00. The summed E-state index contributed by atoms with van der Waals surface area (Å²) in [5.41, 5.74) is 2.86. The first-order valence-electron chi connectivity index (χ1n) is 10.8. The van der Waals surface area contributed by atoms with Crippen LogP contribution in [0.1, 0.15) is 16.4 Å². The summed E-state index contributed by atoms with van der Waals surface area (Å²) in [6.45, 7) is 1.91. The number of benzene rings is 4. The normalized spacial score (nSPS) is 12.1. The molecule has 0 radical (unpaired) electrons. The summed E-state index contributed by atoms with van der Waals surface area (Å²) in [5, 5.41) is 3.01. The lowest BCUT2D eigenvalue weighted by atomic mass is 10.1. The van der Waals surface area contributed by atoms with Crippen LogP contribution in [-0.4, -0.2) is 14.3 Å². The zero-order chi connectivity index (χ0) is 24.8. The zero-order valence-corrected chi connectivity index (χ0v) is 21.2. The van der Waals surface area contributed by atoms with Gasteiger partial charge in [-0.15, -0.1) is 11.8 Å². The summed E-state index contributed by atoms with van der Waals surface area (Å²) in [6, 6.07) is 30.0. The van der Waals surface area contributed by atoms with Crippen LogP contribution in [0.4, 0.5) is 11.4 Å². The number of hydrogen-bond acceptors (Lipinski definition) is 4. The lowest BCUT2D eigenvalue weighted by Gasteiger charge is -2.18. The Kier molecular flexibility index (Phi) is 7.80. The topological polar surface area (TPSA) is 75.3 Å². The monoisotopic (exact) mass is 522 g/mol. The Bertz CT molecular complexity index is 1410. The number of sulfonamides is 1. The molecule has 4 rings (SSSR count). The quantitative estimate of drug-likeness (QED) is 0.246. The second-order valence-electron chi connectivity index (χ2n) is 7.80. The third kappa shape index (κ3) is 6.45. The summed E-state index contributed by atoms with van der Waals surface area (Å²) in [6.07, 6.45) is 0. The van der Waals surface area contributed by atoms with Crippen LogP contribution in [0.25, 0.3) is 0 Å². The molecule has 0 aliphatic heterocycles. The van der Waals surface area contributed by atoms with Crippen LogP contribution in [-0.2, 0) is 14.8 Å². The summed E-state index contributed by atoms with van der Waals surface area (Å²) in [7, 11) is -3.68. The minimum Gasteiger partial charge on any atom is -0.325 e. The van der Waals surface area contributed by atoms with Gasteiger partial charge in [-0.2, -0.15) is 0 Å². The summed E-state index contributed by atoms with van der Waals surface area (Å²) in [5.74, 6) is -0.180. The van der Waals surface area contributed by atoms with Crippen molar-refractivity contribution in [1.82, 2.24) is 0 Å². The SMILES string of the molecule is Cc1ccc(Cl)cc1NC(=O)C(Sc1ccc(NS(=O)(=O)c2ccccc2)cc1)c1ccccc1. The highest BCUT2D eigenvalue weighted by Crippen LogP contribution is 2.37. The molecule has 4 aromatic carbocycles. The molecule has 1 unspecified atom stereocenters. The third-order valence-electron chi connectivity index (χ3n) is 5.21. The van der Waals surface area contributed by atoms with Crippen molar-refractivity contribution in [2.24, 2.45) is 0 Å². The lowest BCUT2D eigenvalue weighted by Crippen LogP contribution is -2.19. The molecule has 0 aliphatic carbocycles. The molecular formula is C27H23ClN2O3S2. The second kappa shape index (κ2) is 11.0. The zero-order valence-electron chi connectivity index (χ0n) is 18.8. The average molecular weight is 523 g/mol. The van der Waals surface area contributed by atoms with Crippen LogP contribution in [0.5, 0.6) is 0 Å². The van der Waals surface area contributed by atoms with Gasteiger partial charge in [-0.3, -0.25) is 9.52 Å². The van der Waals surface area contributed by atoms with E-state index in [-0.39, 0.29) is 10.8 Å². The number of carbonyl (C=O) groups excluding carboxylic acids is 1. The van der Waals surface area contributed by atoms with Crippen molar-refractivity contribution in [3.05, 3.63) is 119 Å². The van der Waals surface area contributed by atoms with Gasteiger partial charge in [0.05, 0.1) is 4.90 Å². The Morgan fingerprint density at radius 1 is 0.857 bits per heavy atom. The number of anilines is 2. The van der Waals surface area contributed by atoms with Gasteiger partial charge < -0.3 is 5.32 Å². The summed E-state index contributed by atoms with van der Waals surface area (Å²) >= 11 is 7.50. The lowest BCUT2D eigenvalue weighted by molar-refractivity contribution is -0.115. The summed E-state index contributed by atoms with van der Waals surface area (Å²) < 4.78 is 27.8. The maximum Gasteiger partial charge on any atom is 0.261 e. The van der Waals surface area contributed by atoms with Crippen molar-refractivity contribution < 1.29 is 13.2 Å². The number of halogens is 1. The van der Waals surface area contributed by atoms with Crippen LogP contribution < -0.4 is 10.0 Å². The maximum absolute atomic E-state index is 13.3. The molecule has 8 heteroatoms. The van der Waals surface area contributed by atoms with Crippen molar-refractivity contribution in [2.45, 2.75) is 22.0 Å². The number of amides is 1. The van der Waals surface area contributed by atoms with Crippen LogP contribution in [0, 0.1) is 6.92 Å². The Morgan fingerprint density at radius 3 is 2.14 bits per heavy atom. The molecule has 0 heterocycles. The first kappa shape index (κ1) is 24.9. The van der Waals surface area contributed by atoms with Gasteiger partial charge in [0.15, 0.2) is 0 Å². The summed E-state index contributed by atoms with van der Waals surface area (Å²) in [4.78, 5) is 14.3.